The number of aryl methyl sites for hydroxylation is 2. The number of nitrogens with one attached hydrogen (secondary N) is 1. The lowest BCUT2D eigenvalue weighted by molar-refractivity contribution is 0.0955. The lowest BCUT2D eigenvalue weighted by Gasteiger charge is -2.13. The van der Waals surface area contributed by atoms with Crippen LogP contribution in [0.1, 0.15) is 33.5 Å². The van der Waals surface area contributed by atoms with Crippen LogP contribution in [-0.4, -0.2) is 32.4 Å². The van der Waals surface area contributed by atoms with Crippen LogP contribution in [0.25, 0.3) is 0 Å². The van der Waals surface area contributed by atoms with Gasteiger partial charge in [-0.15, -0.1) is 0 Å². The normalized spacial score (nSPS) is 10.7. The number of nitrogens with zero attached hydrogens (tertiary/aromatic N) is 1. The maximum absolute atomic E-state index is 12.1. The van der Waals surface area contributed by atoms with E-state index < -0.39 is 0 Å². The highest BCUT2D eigenvalue weighted by Gasteiger charge is 2.10. The molecule has 0 radical (unpaired) electrons. The average Bonchev–Trinajstić information content (AvgIpc) is 2.82. The molecule has 0 spiro atoms. The van der Waals surface area contributed by atoms with Crippen molar-refractivity contribution in [3.63, 3.8) is 0 Å². The van der Waals surface area contributed by atoms with E-state index >= 15 is 0 Å². The van der Waals surface area contributed by atoms with Gasteiger partial charge in [0.05, 0.1) is 26.5 Å². The molecular formula is C26H28N2O4. The minimum absolute atomic E-state index is 0.282. The van der Waals surface area contributed by atoms with Crippen LogP contribution < -0.4 is 19.6 Å². The first-order valence-electron chi connectivity index (χ1n) is 10.5. The van der Waals surface area contributed by atoms with Crippen molar-refractivity contribution < 1.29 is 19.0 Å². The molecule has 0 saturated carbocycles. The molecule has 0 atom stereocenters. The van der Waals surface area contributed by atoms with E-state index in [4.69, 9.17) is 14.2 Å². The van der Waals surface area contributed by atoms with E-state index in [1.807, 2.05) is 36.4 Å². The van der Waals surface area contributed by atoms with E-state index in [1.165, 1.54) is 11.1 Å². The minimum Gasteiger partial charge on any atom is -0.493 e. The Bertz CT molecular complexity index is 1060. The van der Waals surface area contributed by atoms with Crippen molar-refractivity contribution in [2.75, 3.05) is 20.3 Å². The van der Waals surface area contributed by atoms with Crippen molar-refractivity contribution in [1.29, 1.82) is 0 Å². The molecule has 0 heterocycles. The molecule has 3 rings (SSSR count). The quantitative estimate of drug-likeness (QED) is 0.280. The Hall–Kier alpha value is -3.80. The molecule has 6 heteroatoms. The molecule has 0 aromatic heterocycles. The maximum Gasteiger partial charge on any atom is 0.271 e. The number of carbonyl (C=O) groups excluding carboxylic acids is 1. The van der Waals surface area contributed by atoms with Gasteiger partial charge in [-0.3, -0.25) is 4.79 Å². The molecule has 6 nitrogen and oxygen atoms in total. The number of ether oxygens (including phenoxy) is 3. The van der Waals surface area contributed by atoms with Gasteiger partial charge in [-0.1, -0.05) is 30.3 Å². The number of hydrogen-bond donors (Lipinski definition) is 1. The van der Waals surface area contributed by atoms with Crippen molar-refractivity contribution in [2.24, 2.45) is 5.10 Å². The second kappa shape index (κ2) is 11.6. The van der Waals surface area contributed by atoms with E-state index in [-0.39, 0.29) is 5.91 Å². The molecule has 3 aromatic carbocycles. The molecule has 1 amide bonds. The fourth-order valence-corrected chi connectivity index (χ4v) is 2.99. The number of amides is 1. The Morgan fingerprint density at radius 3 is 2.47 bits per heavy atom. The van der Waals surface area contributed by atoms with Gasteiger partial charge < -0.3 is 14.2 Å². The van der Waals surface area contributed by atoms with Crippen molar-refractivity contribution in [3.8, 4) is 17.2 Å². The molecule has 0 fully saturated rings. The first-order chi connectivity index (χ1) is 15.6. The summed E-state index contributed by atoms with van der Waals surface area (Å²) in [5, 5.41) is 4.07. The largest absolute Gasteiger partial charge is 0.493 e. The standard InChI is InChI=1S/C26H28N2O4/c1-19-13-14-23(17-20(19)2)31-15-8-16-32-25-22(11-7-12-24(25)30-3)18-27-28-26(29)21-9-5-4-6-10-21/h4-7,9-14,17-18H,8,15-16H2,1-3H3,(H,28,29)/b27-18+. The van der Waals surface area contributed by atoms with Gasteiger partial charge in [0.25, 0.3) is 5.91 Å². The smallest absolute Gasteiger partial charge is 0.271 e. The third-order valence-electron chi connectivity index (χ3n) is 4.92. The van der Waals surface area contributed by atoms with Crippen molar-refractivity contribution in [3.05, 3.63) is 89.0 Å². The number of carbonyl (C=O) groups is 1. The highest BCUT2D eigenvalue weighted by molar-refractivity contribution is 5.95. The highest BCUT2D eigenvalue weighted by Crippen LogP contribution is 2.30. The monoisotopic (exact) mass is 432 g/mol. The summed E-state index contributed by atoms with van der Waals surface area (Å²) >= 11 is 0. The molecule has 0 unspecified atom stereocenters. The minimum atomic E-state index is -0.282. The summed E-state index contributed by atoms with van der Waals surface area (Å²) in [6, 6.07) is 20.5. The van der Waals surface area contributed by atoms with Crippen LogP contribution in [0.4, 0.5) is 0 Å². The molecule has 3 aromatic rings. The molecule has 166 valence electrons. The number of benzene rings is 3. The van der Waals surface area contributed by atoms with Crippen LogP contribution in [0.5, 0.6) is 17.2 Å². The molecule has 0 aliphatic carbocycles. The molecule has 0 bridgehead atoms. The van der Waals surface area contributed by atoms with Gasteiger partial charge in [0, 0.05) is 17.5 Å². The topological polar surface area (TPSA) is 69.2 Å². The Balaban J connectivity index is 1.56. The zero-order valence-corrected chi connectivity index (χ0v) is 18.6. The zero-order chi connectivity index (χ0) is 22.8. The highest BCUT2D eigenvalue weighted by atomic mass is 16.5. The zero-order valence-electron chi connectivity index (χ0n) is 18.6. The number of hydrazone groups is 1. The van der Waals surface area contributed by atoms with Crippen LogP contribution in [0.2, 0.25) is 0 Å². The van der Waals surface area contributed by atoms with Crippen molar-refractivity contribution >= 4 is 12.1 Å². The van der Waals surface area contributed by atoms with Gasteiger partial charge >= 0.3 is 0 Å². The summed E-state index contributed by atoms with van der Waals surface area (Å²) in [6.07, 6.45) is 2.25. The number of rotatable bonds is 10. The van der Waals surface area contributed by atoms with E-state index in [1.54, 1.807) is 37.6 Å². The lowest BCUT2D eigenvalue weighted by atomic mass is 10.1. The van der Waals surface area contributed by atoms with Gasteiger partial charge in [0.1, 0.15) is 5.75 Å². The van der Waals surface area contributed by atoms with Crippen LogP contribution in [0.3, 0.4) is 0 Å². The number of hydrogen-bond acceptors (Lipinski definition) is 5. The summed E-state index contributed by atoms with van der Waals surface area (Å²) in [6.45, 7) is 5.13. The number of para-hydroxylation sites is 1. The number of methoxy groups -OCH3 is 1. The average molecular weight is 433 g/mol. The molecule has 32 heavy (non-hydrogen) atoms. The van der Waals surface area contributed by atoms with Gasteiger partial charge in [-0.05, 0) is 61.4 Å². The van der Waals surface area contributed by atoms with E-state index in [0.717, 1.165) is 5.75 Å². The summed E-state index contributed by atoms with van der Waals surface area (Å²) in [7, 11) is 1.59. The summed E-state index contributed by atoms with van der Waals surface area (Å²) < 4.78 is 17.2. The van der Waals surface area contributed by atoms with Crippen LogP contribution >= 0.6 is 0 Å². The molecule has 0 saturated heterocycles. The molecule has 0 aliphatic rings. The Morgan fingerprint density at radius 1 is 0.938 bits per heavy atom. The Labute approximate surface area is 188 Å². The van der Waals surface area contributed by atoms with Gasteiger partial charge in [-0.2, -0.15) is 5.10 Å². The molecular weight excluding hydrogens is 404 g/mol. The van der Waals surface area contributed by atoms with Crippen LogP contribution in [0, 0.1) is 13.8 Å². The van der Waals surface area contributed by atoms with Crippen LogP contribution in [0.15, 0.2) is 71.8 Å². The van der Waals surface area contributed by atoms with Gasteiger partial charge in [0.2, 0.25) is 0 Å². The fraction of sp³-hybridized carbons (Fsp3) is 0.231. The third kappa shape index (κ3) is 6.35. The Morgan fingerprint density at radius 2 is 1.72 bits per heavy atom. The predicted octanol–water partition coefficient (Wildman–Crippen LogP) is 4.92. The predicted molar refractivity (Wildman–Crippen MR) is 126 cm³/mol. The van der Waals surface area contributed by atoms with Gasteiger partial charge in [0.15, 0.2) is 11.5 Å². The third-order valence-corrected chi connectivity index (χ3v) is 4.92. The summed E-state index contributed by atoms with van der Waals surface area (Å²) in [5.41, 5.74) is 6.21. The lowest BCUT2D eigenvalue weighted by Crippen LogP contribution is -2.17. The van der Waals surface area contributed by atoms with Crippen molar-refractivity contribution in [2.45, 2.75) is 20.3 Å². The van der Waals surface area contributed by atoms with E-state index in [0.29, 0.717) is 42.3 Å². The van der Waals surface area contributed by atoms with Crippen molar-refractivity contribution in [1.82, 2.24) is 5.43 Å². The second-order valence-electron chi connectivity index (χ2n) is 7.24. The maximum atomic E-state index is 12.1. The first-order valence-corrected chi connectivity index (χ1v) is 10.5. The summed E-state index contributed by atoms with van der Waals surface area (Å²) in [4.78, 5) is 12.1. The fourth-order valence-electron chi connectivity index (χ4n) is 2.99. The Kier molecular flexibility index (Phi) is 8.26. The molecule has 1 N–H and O–H groups in total. The van der Waals surface area contributed by atoms with E-state index in [2.05, 4.69) is 30.4 Å². The van der Waals surface area contributed by atoms with E-state index in [9.17, 15) is 4.79 Å². The summed E-state index contributed by atoms with van der Waals surface area (Å²) in [5.74, 6) is 1.74. The SMILES string of the molecule is COc1cccc(/C=N/NC(=O)c2ccccc2)c1OCCCOc1ccc(C)c(C)c1. The second-order valence-corrected chi connectivity index (χ2v) is 7.24. The molecule has 0 aliphatic heterocycles. The first kappa shape index (κ1) is 22.9. The van der Waals surface area contributed by atoms with Crippen LogP contribution in [-0.2, 0) is 0 Å². The van der Waals surface area contributed by atoms with Gasteiger partial charge in [-0.25, -0.2) is 5.43 Å².